The molecule has 0 bridgehead atoms. The van der Waals surface area contributed by atoms with Crippen molar-refractivity contribution < 1.29 is 9.50 Å². The summed E-state index contributed by atoms with van der Waals surface area (Å²) < 4.78 is 13.6. The lowest BCUT2D eigenvalue weighted by Crippen LogP contribution is -2.18. The highest BCUT2D eigenvalue weighted by Crippen LogP contribution is 2.27. The molecule has 1 rings (SSSR count). The van der Waals surface area contributed by atoms with Crippen molar-refractivity contribution in [1.82, 2.24) is 0 Å². The summed E-state index contributed by atoms with van der Waals surface area (Å²) in [5, 5.41) is 10.1. The molecule has 1 aromatic rings. The average molecular weight is 331 g/mol. The Hall–Kier alpha value is -0.410. The molecule has 1 aromatic carbocycles. The normalized spacial score (nSPS) is 15.3. The molecule has 108 valence electrons. The Balaban J connectivity index is 2.50. The van der Waals surface area contributed by atoms with Gasteiger partial charge in [0.1, 0.15) is 5.82 Å². The third-order valence-corrected chi connectivity index (χ3v) is 3.70. The zero-order chi connectivity index (χ0) is 14.6. The molecule has 3 heteroatoms. The van der Waals surface area contributed by atoms with Crippen LogP contribution in [0.1, 0.15) is 46.1 Å². The van der Waals surface area contributed by atoms with Crippen LogP contribution in [0.2, 0.25) is 0 Å². The molecule has 0 radical (unpaired) electrons. The van der Waals surface area contributed by atoms with Gasteiger partial charge in [-0.2, -0.15) is 0 Å². The SMILES string of the molecule is CC(CC(O)Cc1ccc(F)c(Br)c1)CC(C)(C)C. The first-order valence-corrected chi connectivity index (χ1v) is 7.58. The highest BCUT2D eigenvalue weighted by molar-refractivity contribution is 9.10. The molecule has 0 aliphatic carbocycles. The van der Waals surface area contributed by atoms with E-state index in [0.717, 1.165) is 18.4 Å². The second-order valence-corrected chi connectivity index (χ2v) is 7.57. The van der Waals surface area contributed by atoms with E-state index in [-0.39, 0.29) is 17.3 Å². The minimum absolute atomic E-state index is 0.264. The van der Waals surface area contributed by atoms with Gasteiger partial charge in [-0.15, -0.1) is 0 Å². The second-order valence-electron chi connectivity index (χ2n) is 6.71. The van der Waals surface area contributed by atoms with Crippen LogP contribution in [-0.4, -0.2) is 11.2 Å². The molecule has 2 unspecified atom stereocenters. The van der Waals surface area contributed by atoms with E-state index < -0.39 is 0 Å². The lowest BCUT2D eigenvalue weighted by molar-refractivity contribution is 0.133. The third kappa shape index (κ3) is 6.53. The van der Waals surface area contributed by atoms with Crippen molar-refractivity contribution in [2.75, 3.05) is 0 Å². The largest absolute Gasteiger partial charge is 0.393 e. The Bertz CT molecular complexity index is 412. The molecule has 0 aromatic heterocycles. The summed E-state index contributed by atoms with van der Waals surface area (Å²) >= 11 is 3.17. The number of halogens is 2. The van der Waals surface area contributed by atoms with Gasteiger partial charge < -0.3 is 5.11 Å². The molecule has 0 aliphatic heterocycles. The van der Waals surface area contributed by atoms with Gasteiger partial charge in [-0.1, -0.05) is 33.8 Å². The summed E-state index contributed by atoms with van der Waals surface area (Å²) in [5.41, 5.74) is 1.25. The Morgan fingerprint density at radius 3 is 2.47 bits per heavy atom. The fourth-order valence-electron chi connectivity index (χ4n) is 2.62. The molecule has 0 aliphatic rings. The van der Waals surface area contributed by atoms with E-state index >= 15 is 0 Å². The molecular formula is C16H24BrFO. The summed E-state index contributed by atoms with van der Waals surface area (Å²) in [5.74, 6) is 0.221. The van der Waals surface area contributed by atoms with Gasteiger partial charge in [0.2, 0.25) is 0 Å². The van der Waals surface area contributed by atoms with Crippen molar-refractivity contribution in [3.63, 3.8) is 0 Å². The van der Waals surface area contributed by atoms with Crippen LogP contribution in [0, 0.1) is 17.2 Å². The van der Waals surface area contributed by atoms with Gasteiger partial charge in [-0.25, -0.2) is 4.39 Å². The predicted octanol–water partition coefficient (Wildman–Crippen LogP) is 4.95. The standard InChI is InChI=1S/C16H24BrFO/c1-11(10-16(2,3)4)7-13(19)8-12-5-6-15(18)14(17)9-12/h5-6,9,11,13,19H,7-8,10H2,1-4H3. The summed E-state index contributed by atoms with van der Waals surface area (Å²) in [6.45, 7) is 8.82. The molecule has 0 heterocycles. The van der Waals surface area contributed by atoms with Crippen LogP contribution < -0.4 is 0 Å². The van der Waals surface area contributed by atoms with Crippen LogP contribution in [0.4, 0.5) is 4.39 Å². The van der Waals surface area contributed by atoms with Crippen LogP contribution in [-0.2, 0) is 6.42 Å². The quantitative estimate of drug-likeness (QED) is 0.809. The van der Waals surface area contributed by atoms with Gasteiger partial charge in [-0.05, 0) is 64.2 Å². The van der Waals surface area contributed by atoms with E-state index in [9.17, 15) is 9.50 Å². The van der Waals surface area contributed by atoms with E-state index in [4.69, 9.17) is 0 Å². The topological polar surface area (TPSA) is 20.2 Å². The highest BCUT2D eigenvalue weighted by Gasteiger charge is 2.18. The van der Waals surface area contributed by atoms with Crippen molar-refractivity contribution in [2.24, 2.45) is 11.3 Å². The van der Waals surface area contributed by atoms with E-state index in [1.807, 2.05) is 0 Å². The molecule has 0 spiro atoms. The Labute approximate surface area is 124 Å². The monoisotopic (exact) mass is 330 g/mol. The number of aliphatic hydroxyl groups is 1. The van der Waals surface area contributed by atoms with Crippen LogP contribution >= 0.6 is 15.9 Å². The van der Waals surface area contributed by atoms with Gasteiger partial charge in [0, 0.05) is 0 Å². The first-order valence-electron chi connectivity index (χ1n) is 6.79. The van der Waals surface area contributed by atoms with Crippen LogP contribution in [0.15, 0.2) is 22.7 Å². The minimum atomic E-state index is -0.366. The highest BCUT2D eigenvalue weighted by atomic mass is 79.9. The van der Waals surface area contributed by atoms with Crippen molar-refractivity contribution in [2.45, 2.75) is 53.1 Å². The molecule has 0 fully saturated rings. The van der Waals surface area contributed by atoms with Crippen molar-refractivity contribution in [3.8, 4) is 0 Å². The van der Waals surface area contributed by atoms with Gasteiger partial charge in [-0.3, -0.25) is 0 Å². The summed E-state index contributed by atoms with van der Waals surface area (Å²) in [6.07, 6.45) is 2.09. The van der Waals surface area contributed by atoms with Crippen LogP contribution in [0.5, 0.6) is 0 Å². The molecular weight excluding hydrogens is 307 g/mol. The molecule has 0 amide bonds. The lowest BCUT2D eigenvalue weighted by atomic mass is 9.83. The Morgan fingerprint density at radius 2 is 1.95 bits per heavy atom. The number of hydrogen-bond donors (Lipinski definition) is 1. The summed E-state index contributed by atoms with van der Waals surface area (Å²) in [6, 6.07) is 4.91. The predicted molar refractivity (Wildman–Crippen MR) is 81.7 cm³/mol. The van der Waals surface area contributed by atoms with E-state index in [2.05, 4.69) is 43.6 Å². The van der Waals surface area contributed by atoms with E-state index in [1.165, 1.54) is 6.07 Å². The maximum atomic E-state index is 13.1. The van der Waals surface area contributed by atoms with Gasteiger partial charge in [0.25, 0.3) is 0 Å². The smallest absolute Gasteiger partial charge is 0.137 e. The lowest BCUT2D eigenvalue weighted by Gasteiger charge is -2.25. The van der Waals surface area contributed by atoms with Gasteiger partial charge >= 0.3 is 0 Å². The third-order valence-electron chi connectivity index (χ3n) is 3.09. The Morgan fingerprint density at radius 1 is 1.32 bits per heavy atom. The molecule has 1 nitrogen and oxygen atoms in total. The van der Waals surface area contributed by atoms with Crippen molar-refractivity contribution in [3.05, 3.63) is 34.1 Å². The number of hydrogen-bond acceptors (Lipinski definition) is 1. The molecule has 2 atom stereocenters. The molecule has 1 N–H and O–H groups in total. The van der Waals surface area contributed by atoms with E-state index in [0.29, 0.717) is 16.8 Å². The van der Waals surface area contributed by atoms with Gasteiger partial charge in [0.15, 0.2) is 0 Å². The van der Waals surface area contributed by atoms with Crippen molar-refractivity contribution >= 4 is 15.9 Å². The number of benzene rings is 1. The van der Waals surface area contributed by atoms with Crippen molar-refractivity contribution in [1.29, 1.82) is 0 Å². The first kappa shape index (κ1) is 16.6. The average Bonchev–Trinajstić information content (AvgIpc) is 2.20. The minimum Gasteiger partial charge on any atom is -0.393 e. The fourth-order valence-corrected chi connectivity index (χ4v) is 3.04. The van der Waals surface area contributed by atoms with E-state index in [1.54, 1.807) is 12.1 Å². The number of aliphatic hydroxyl groups excluding tert-OH is 1. The van der Waals surface area contributed by atoms with Crippen LogP contribution in [0.25, 0.3) is 0 Å². The molecule has 0 saturated heterocycles. The first-order chi connectivity index (χ1) is 8.67. The van der Waals surface area contributed by atoms with Crippen LogP contribution in [0.3, 0.4) is 0 Å². The zero-order valence-corrected chi connectivity index (χ0v) is 13.8. The maximum absolute atomic E-state index is 13.1. The maximum Gasteiger partial charge on any atom is 0.137 e. The van der Waals surface area contributed by atoms with Gasteiger partial charge in [0.05, 0.1) is 10.6 Å². The summed E-state index contributed by atoms with van der Waals surface area (Å²) in [7, 11) is 0. The fraction of sp³-hybridized carbons (Fsp3) is 0.625. The summed E-state index contributed by atoms with van der Waals surface area (Å²) in [4.78, 5) is 0. The molecule has 0 saturated carbocycles. The zero-order valence-electron chi connectivity index (χ0n) is 12.2. The number of rotatable bonds is 5. The molecule has 19 heavy (non-hydrogen) atoms. The second kappa shape index (κ2) is 6.85. The Kier molecular flexibility index (Phi) is 6.00.